The van der Waals surface area contributed by atoms with Crippen molar-refractivity contribution in [3.63, 3.8) is 0 Å². The zero-order valence-corrected chi connectivity index (χ0v) is 35.8. The third-order valence-electron chi connectivity index (χ3n) is 10.5. The molecule has 0 saturated carbocycles. The van der Waals surface area contributed by atoms with Crippen molar-refractivity contribution in [2.45, 2.75) is 60.3 Å². The van der Waals surface area contributed by atoms with Gasteiger partial charge in [-0.25, -0.2) is 14.8 Å². The number of benzene rings is 2. The quantitative estimate of drug-likeness (QED) is 0.0729. The van der Waals surface area contributed by atoms with Crippen LogP contribution >= 0.6 is 0 Å². The molecule has 1 atom stereocenters. The van der Waals surface area contributed by atoms with E-state index in [2.05, 4.69) is 37.7 Å². The van der Waals surface area contributed by atoms with Crippen molar-refractivity contribution in [2.75, 3.05) is 37.4 Å². The number of likely N-dealkylation sites (tertiary alicyclic amines) is 1. The molecule has 5 amide bonds. The van der Waals surface area contributed by atoms with Crippen molar-refractivity contribution in [1.82, 2.24) is 43.6 Å². The zero-order chi connectivity index (χ0) is 45.8. The molecule has 21 nitrogen and oxygen atoms in total. The number of primary amides is 2. The second kappa shape index (κ2) is 18.4. The van der Waals surface area contributed by atoms with Crippen LogP contribution in [0.4, 0.5) is 16.7 Å². The molecular weight excluding hydrogens is 827 g/mol. The van der Waals surface area contributed by atoms with E-state index in [0.29, 0.717) is 65.4 Å². The van der Waals surface area contributed by atoms with Gasteiger partial charge in [0.1, 0.15) is 40.5 Å². The number of ether oxygens (including phenoxy) is 2. The lowest BCUT2D eigenvalue weighted by atomic mass is 10.1. The number of hydrogen-bond donors (Lipinski definition) is 5. The molecule has 7 N–H and O–H groups in total. The number of carbonyl (C=O) groups is 5. The fourth-order valence-electron chi connectivity index (χ4n) is 7.54. The average molecular weight is 874 g/mol. The first-order valence-corrected chi connectivity index (χ1v) is 20.4. The molecule has 1 unspecified atom stereocenters. The minimum atomic E-state index is -0.999. The number of nitrogens with zero attached hydrogens (tertiary/aromatic N) is 9. The number of fused-ring (bicyclic) bond motifs is 2. The second-order valence-electron chi connectivity index (χ2n) is 14.9. The molecule has 0 aliphatic carbocycles. The van der Waals surface area contributed by atoms with Crippen molar-refractivity contribution < 1.29 is 38.6 Å². The highest BCUT2D eigenvalue weighted by Crippen LogP contribution is 2.33. The summed E-state index contributed by atoms with van der Waals surface area (Å²) in [5.41, 5.74) is 15.1. The first-order valence-electron chi connectivity index (χ1n) is 20.4. The Morgan fingerprint density at radius 1 is 0.797 bits per heavy atom. The van der Waals surface area contributed by atoms with Gasteiger partial charge < -0.3 is 40.1 Å². The van der Waals surface area contributed by atoms with Gasteiger partial charge in [-0.15, -0.1) is 0 Å². The maximum absolute atomic E-state index is 13.8. The Kier molecular flexibility index (Phi) is 12.7. The van der Waals surface area contributed by atoms with E-state index in [9.17, 15) is 29.1 Å². The molecule has 1 fully saturated rings. The average Bonchev–Trinajstić information content (AvgIpc) is 4.10. The Hall–Kier alpha value is -8.15. The molecule has 2 aromatic carbocycles. The number of anilines is 2. The van der Waals surface area contributed by atoms with Gasteiger partial charge in [-0.05, 0) is 70.5 Å². The summed E-state index contributed by atoms with van der Waals surface area (Å²) in [5, 5.41) is 23.9. The minimum Gasteiger partial charge on any atom is -0.494 e. The van der Waals surface area contributed by atoms with E-state index in [-0.39, 0.29) is 72.2 Å². The molecule has 1 aliphatic heterocycles. The Morgan fingerprint density at radius 3 is 1.75 bits per heavy atom. The van der Waals surface area contributed by atoms with Gasteiger partial charge in [0, 0.05) is 56.3 Å². The molecule has 4 aromatic heterocycles. The summed E-state index contributed by atoms with van der Waals surface area (Å²) in [6, 6.07) is 9.31. The molecule has 6 aromatic rings. The Bertz CT molecular complexity index is 2930. The summed E-state index contributed by atoms with van der Waals surface area (Å²) in [6.45, 7) is 8.98. The number of amides is 5. The minimum absolute atomic E-state index is 0.0927. The summed E-state index contributed by atoms with van der Waals surface area (Å²) < 4.78 is 18.4. The first-order chi connectivity index (χ1) is 30.7. The fourth-order valence-corrected chi connectivity index (χ4v) is 7.54. The van der Waals surface area contributed by atoms with E-state index in [4.69, 9.17) is 25.9 Å². The lowest BCUT2D eigenvalue weighted by molar-refractivity contribution is 0.0991. The standard InChI is InChI=1S/C43H47N13O8/c1-6-55-31(17-24(3)50-55)39(59)48-41-46-29-19-27(37(44)57)21-33(63-5)35(29)53(41)13-8-9-14-54-36-30(47-42(54)49-40(60)32-18-25(4)51-56(32)7-2)20-28(38(45)58)22-34(36)64-16-10-11-26-12-15-52(23-26)43(61)62/h8-9,17-22,26H,6-7,12-16,23H2,1-5H3,(H2,44,57)(H2,45,58)(H,61,62)(H,46,48,59)(H,47,49,60)/b9-8+. The Balaban J connectivity index is 1.26. The first kappa shape index (κ1) is 43.9. The summed E-state index contributed by atoms with van der Waals surface area (Å²) in [6.07, 6.45) is 3.19. The van der Waals surface area contributed by atoms with Crippen LogP contribution in [0.2, 0.25) is 0 Å². The molecule has 0 radical (unpaired) electrons. The maximum atomic E-state index is 13.8. The van der Waals surface area contributed by atoms with Gasteiger partial charge in [0.05, 0.1) is 29.5 Å². The largest absolute Gasteiger partial charge is 0.494 e. The number of aromatic nitrogens is 8. The zero-order valence-electron chi connectivity index (χ0n) is 35.8. The number of rotatable bonds is 15. The number of aryl methyl sites for hydroxylation is 4. The van der Waals surface area contributed by atoms with E-state index in [0.717, 1.165) is 0 Å². The number of allylic oxidation sites excluding steroid dienone is 2. The molecule has 1 saturated heterocycles. The van der Waals surface area contributed by atoms with Crippen LogP contribution in [0.5, 0.6) is 11.5 Å². The molecule has 64 heavy (non-hydrogen) atoms. The molecule has 0 bridgehead atoms. The number of hydrogen-bond acceptors (Lipinski definition) is 11. The van der Waals surface area contributed by atoms with E-state index in [1.165, 1.54) is 36.3 Å². The SMILES string of the molecule is CCn1nc(C)cc1C(=O)Nc1nc2cc(C(N)=O)cc(OC)c2n1C/C=C/Cn1c(NC(=O)c2cc(C)nn2CC)nc2cc(C(N)=O)cc(OCC#CC3CCN(C(=O)O)C3)c21. The Morgan fingerprint density at radius 2 is 1.30 bits per heavy atom. The molecule has 7 rings (SSSR count). The van der Waals surface area contributed by atoms with Crippen LogP contribution in [-0.4, -0.2) is 105 Å². The smallest absolute Gasteiger partial charge is 0.407 e. The van der Waals surface area contributed by atoms with Gasteiger partial charge in [0.15, 0.2) is 0 Å². The molecule has 5 heterocycles. The highest BCUT2D eigenvalue weighted by molar-refractivity contribution is 6.05. The highest BCUT2D eigenvalue weighted by Gasteiger charge is 2.26. The summed E-state index contributed by atoms with van der Waals surface area (Å²) in [4.78, 5) is 74.4. The predicted octanol–water partition coefficient (Wildman–Crippen LogP) is 3.79. The lowest BCUT2D eigenvalue weighted by Gasteiger charge is -2.13. The topological polar surface area (TPSA) is 275 Å². The molecule has 332 valence electrons. The van der Waals surface area contributed by atoms with Gasteiger partial charge in [-0.1, -0.05) is 24.0 Å². The number of imidazole rings is 2. The van der Waals surface area contributed by atoms with Crippen LogP contribution in [0, 0.1) is 31.6 Å². The van der Waals surface area contributed by atoms with Crippen molar-refractivity contribution in [1.29, 1.82) is 0 Å². The van der Waals surface area contributed by atoms with E-state index >= 15 is 0 Å². The summed E-state index contributed by atoms with van der Waals surface area (Å²) in [7, 11) is 1.44. The molecule has 0 spiro atoms. The van der Waals surface area contributed by atoms with Crippen LogP contribution < -0.4 is 31.6 Å². The van der Waals surface area contributed by atoms with E-state index in [1.807, 2.05) is 13.8 Å². The second-order valence-corrected chi connectivity index (χ2v) is 14.9. The van der Waals surface area contributed by atoms with Crippen molar-refractivity contribution in [3.05, 3.63) is 82.5 Å². The van der Waals surface area contributed by atoms with Crippen LogP contribution in [0.25, 0.3) is 22.1 Å². The van der Waals surface area contributed by atoms with Gasteiger partial charge >= 0.3 is 6.09 Å². The highest BCUT2D eigenvalue weighted by atomic mass is 16.5. The van der Waals surface area contributed by atoms with Gasteiger partial charge in [-0.3, -0.25) is 39.2 Å². The normalized spacial score (nSPS) is 13.6. The van der Waals surface area contributed by atoms with E-state index in [1.54, 1.807) is 56.6 Å². The van der Waals surface area contributed by atoms with Gasteiger partial charge in [-0.2, -0.15) is 10.2 Å². The third kappa shape index (κ3) is 9.06. The molecular formula is C43H47N13O8. The number of carboxylic acid groups (broad SMARTS) is 1. The number of nitrogens with one attached hydrogen (secondary N) is 2. The lowest BCUT2D eigenvalue weighted by Crippen LogP contribution is -2.26. The maximum Gasteiger partial charge on any atom is 0.407 e. The third-order valence-corrected chi connectivity index (χ3v) is 10.5. The molecule has 21 heteroatoms. The number of methoxy groups -OCH3 is 1. The van der Waals surface area contributed by atoms with Crippen LogP contribution in [0.1, 0.15) is 73.3 Å². The summed E-state index contributed by atoms with van der Waals surface area (Å²) in [5.74, 6) is 4.29. The van der Waals surface area contributed by atoms with Gasteiger partial charge in [0.2, 0.25) is 23.7 Å². The molecule has 1 aliphatic rings. The van der Waals surface area contributed by atoms with Crippen LogP contribution in [0.15, 0.2) is 48.6 Å². The number of nitrogens with two attached hydrogens (primary N) is 2. The van der Waals surface area contributed by atoms with Crippen molar-refractivity contribution >= 4 is 63.7 Å². The predicted molar refractivity (Wildman–Crippen MR) is 234 cm³/mol. The van der Waals surface area contributed by atoms with Crippen LogP contribution in [-0.2, 0) is 26.2 Å². The van der Waals surface area contributed by atoms with Crippen molar-refractivity contribution in [2.24, 2.45) is 17.4 Å². The van der Waals surface area contributed by atoms with Crippen molar-refractivity contribution in [3.8, 4) is 23.3 Å². The van der Waals surface area contributed by atoms with Crippen LogP contribution in [0.3, 0.4) is 0 Å². The van der Waals surface area contributed by atoms with Gasteiger partial charge in [0.25, 0.3) is 11.8 Å². The number of carbonyl (C=O) groups excluding carboxylic acids is 4. The fraction of sp³-hybridized carbons (Fsp3) is 0.326. The van der Waals surface area contributed by atoms with E-state index < -0.39 is 29.7 Å². The summed E-state index contributed by atoms with van der Waals surface area (Å²) >= 11 is 0. The monoisotopic (exact) mass is 873 g/mol. The Labute approximate surface area is 366 Å².